The maximum absolute atomic E-state index is 11.8. The third-order valence-corrected chi connectivity index (χ3v) is 2.56. The molecule has 0 spiro atoms. The molecule has 1 aromatic rings. The molecule has 0 radical (unpaired) electrons. The molecule has 0 atom stereocenters. The molecule has 0 bridgehead atoms. The van der Waals surface area contributed by atoms with Gasteiger partial charge in [0.25, 0.3) is 5.91 Å². The number of aromatic nitrogens is 1. The molecule has 0 saturated carbocycles. The third-order valence-electron chi connectivity index (χ3n) is 2.56. The molecule has 1 N–H and O–H groups in total. The average Bonchev–Trinajstić information content (AvgIpc) is 2.47. The third kappa shape index (κ3) is 1.34. The second kappa shape index (κ2) is 3.24. The summed E-state index contributed by atoms with van der Waals surface area (Å²) >= 11 is 0. The molecule has 0 aliphatic carbocycles. The number of hydrogen-bond acceptors (Lipinski definition) is 1. The van der Waals surface area contributed by atoms with E-state index in [0.29, 0.717) is 0 Å². The Morgan fingerprint density at radius 3 is 2.92 bits per heavy atom. The Morgan fingerprint density at radius 1 is 1.62 bits per heavy atom. The first-order valence-electron chi connectivity index (χ1n) is 4.78. The molecule has 1 saturated heterocycles. The number of amides is 1. The summed E-state index contributed by atoms with van der Waals surface area (Å²) in [6, 6.07) is 1.87. The van der Waals surface area contributed by atoms with Crippen LogP contribution >= 0.6 is 0 Å². The molecule has 2 heterocycles. The molecule has 13 heavy (non-hydrogen) atoms. The number of nitrogens with one attached hydrogen (secondary N) is 1. The van der Waals surface area contributed by atoms with E-state index >= 15 is 0 Å². The minimum Gasteiger partial charge on any atom is -0.364 e. The normalized spacial score (nSPS) is 15.6. The van der Waals surface area contributed by atoms with Gasteiger partial charge in [0, 0.05) is 25.0 Å². The molecule has 3 nitrogen and oxygen atoms in total. The largest absolute Gasteiger partial charge is 0.364 e. The Balaban J connectivity index is 2.18. The van der Waals surface area contributed by atoms with Crippen LogP contribution in [0.3, 0.4) is 0 Å². The monoisotopic (exact) mass is 178 g/mol. The lowest BCUT2D eigenvalue weighted by Gasteiger charge is -2.30. The van der Waals surface area contributed by atoms with Crippen LogP contribution in [0.5, 0.6) is 0 Å². The summed E-state index contributed by atoms with van der Waals surface area (Å²) in [5.74, 6) is 0.185. The van der Waals surface area contributed by atoms with Crippen molar-refractivity contribution in [3.8, 4) is 0 Å². The lowest BCUT2D eigenvalue weighted by Crippen LogP contribution is -2.42. The SMILES string of the molecule is CCc1[nH]ccc1C(=O)N1CCC1. The number of aryl methyl sites for hydroxylation is 1. The summed E-state index contributed by atoms with van der Waals surface area (Å²) in [7, 11) is 0. The minimum atomic E-state index is 0.185. The Bertz CT molecular complexity index is 312. The van der Waals surface area contributed by atoms with Crippen LogP contribution in [0.4, 0.5) is 0 Å². The molecule has 70 valence electrons. The highest BCUT2D eigenvalue weighted by Gasteiger charge is 2.23. The Morgan fingerprint density at radius 2 is 2.38 bits per heavy atom. The first-order chi connectivity index (χ1) is 6.33. The second-order valence-corrected chi connectivity index (χ2v) is 3.37. The van der Waals surface area contributed by atoms with E-state index in [1.165, 1.54) is 0 Å². The highest BCUT2D eigenvalue weighted by atomic mass is 16.2. The van der Waals surface area contributed by atoms with Crippen LogP contribution in [0, 0.1) is 0 Å². The second-order valence-electron chi connectivity index (χ2n) is 3.37. The number of hydrogen-bond donors (Lipinski definition) is 1. The van der Waals surface area contributed by atoms with Crippen molar-refractivity contribution in [2.24, 2.45) is 0 Å². The lowest BCUT2D eigenvalue weighted by molar-refractivity contribution is 0.0651. The van der Waals surface area contributed by atoms with Gasteiger partial charge in [-0.05, 0) is 18.9 Å². The molecule has 1 aliphatic rings. The Labute approximate surface area is 77.7 Å². The molecule has 0 aromatic carbocycles. The molecule has 2 rings (SSSR count). The van der Waals surface area contributed by atoms with Crippen LogP contribution in [0.2, 0.25) is 0 Å². The van der Waals surface area contributed by atoms with Crippen LogP contribution in [-0.2, 0) is 6.42 Å². The topological polar surface area (TPSA) is 36.1 Å². The first kappa shape index (κ1) is 8.35. The number of nitrogens with zero attached hydrogens (tertiary/aromatic N) is 1. The van der Waals surface area contributed by atoms with Crippen molar-refractivity contribution >= 4 is 5.91 Å². The standard InChI is InChI=1S/C10H14N2O/c1-2-9-8(4-5-11-9)10(13)12-6-3-7-12/h4-5,11H,2-3,6-7H2,1H3. The van der Waals surface area contributed by atoms with Gasteiger partial charge in [-0.1, -0.05) is 6.92 Å². The number of aromatic amines is 1. The van der Waals surface area contributed by atoms with E-state index in [-0.39, 0.29) is 5.91 Å². The fraction of sp³-hybridized carbons (Fsp3) is 0.500. The van der Waals surface area contributed by atoms with E-state index in [1.54, 1.807) is 0 Å². The highest BCUT2D eigenvalue weighted by Crippen LogP contribution is 2.15. The average molecular weight is 178 g/mol. The van der Waals surface area contributed by atoms with E-state index in [9.17, 15) is 4.79 Å². The van der Waals surface area contributed by atoms with Gasteiger partial charge in [0.05, 0.1) is 5.56 Å². The molecule has 0 unspecified atom stereocenters. The molecule has 3 heteroatoms. The van der Waals surface area contributed by atoms with Gasteiger partial charge in [-0.2, -0.15) is 0 Å². The van der Waals surface area contributed by atoms with Crippen molar-refractivity contribution in [2.75, 3.05) is 13.1 Å². The number of carbonyl (C=O) groups is 1. The van der Waals surface area contributed by atoms with Gasteiger partial charge in [-0.25, -0.2) is 0 Å². The highest BCUT2D eigenvalue weighted by molar-refractivity contribution is 5.95. The quantitative estimate of drug-likeness (QED) is 0.730. The van der Waals surface area contributed by atoms with Crippen molar-refractivity contribution in [2.45, 2.75) is 19.8 Å². The minimum absolute atomic E-state index is 0.185. The Hall–Kier alpha value is -1.25. The van der Waals surface area contributed by atoms with E-state index in [0.717, 1.165) is 37.2 Å². The van der Waals surface area contributed by atoms with Crippen molar-refractivity contribution in [1.29, 1.82) is 0 Å². The van der Waals surface area contributed by atoms with E-state index in [4.69, 9.17) is 0 Å². The first-order valence-corrected chi connectivity index (χ1v) is 4.78. The zero-order valence-electron chi connectivity index (χ0n) is 7.84. The number of carbonyl (C=O) groups excluding carboxylic acids is 1. The number of rotatable bonds is 2. The molecule has 1 amide bonds. The van der Waals surface area contributed by atoms with Gasteiger partial charge in [0.2, 0.25) is 0 Å². The van der Waals surface area contributed by atoms with Gasteiger partial charge in [-0.15, -0.1) is 0 Å². The predicted molar refractivity (Wildman–Crippen MR) is 50.7 cm³/mol. The summed E-state index contributed by atoms with van der Waals surface area (Å²) in [6.45, 7) is 3.90. The van der Waals surface area contributed by atoms with Crippen LogP contribution in [0.25, 0.3) is 0 Å². The van der Waals surface area contributed by atoms with Gasteiger partial charge in [-0.3, -0.25) is 4.79 Å². The number of likely N-dealkylation sites (tertiary alicyclic amines) is 1. The van der Waals surface area contributed by atoms with Gasteiger partial charge < -0.3 is 9.88 Å². The van der Waals surface area contributed by atoms with E-state index < -0.39 is 0 Å². The predicted octanol–water partition coefficient (Wildman–Crippen LogP) is 1.42. The van der Waals surface area contributed by atoms with Crippen molar-refractivity contribution in [1.82, 2.24) is 9.88 Å². The number of H-pyrrole nitrogens is 1. The molecule has 1 fully saturated rings. The summed E-state index contributed by atoms with van der Waals surface area (Å²) in [6.07, 6.45) is 3.88. The van der Waals surface area contributed by atoms with E-state index in [2.05, 4.69) is 11.9 Å². The van der Waals surface area contributed by atoms with Crippen LogP contribution in [0.15, 0.2) is 12.3 Å². The molecule has 1 aromatic heterocycles. The van der Waals surface area contributed by atoms with Crippen molar-refractivity contribution in [3.05, 3.63) is 23.5 Å². The van der Waals surface area contributed by atoms with Crippen molar-refractivity contribution < 1.29 is 4.79 Å². The maximum atomic E-state index is 11.8. The smallest absolute Gasteiger partial charge is 0.255 e. The molecular weight excluding hydrogens is 164 g/mol. The summed E-state index contributed by atoms with van der Waals surface area (Å²) in [5.41, 5.74) is 1.90. The van der Waals surface area contributed by atoms with Gasteiger partial charge >= 0.3 is 0 Å². The maximum Gasteiger partial charge on any atom is 0.255 e. The van der Waals surface area contributed by atoms with Crippen LogP contribution < -0.4 is 0 Å². The molecular formula is C10H14N2O. The Kier molecular flexibility index (Phi) is 2.08. The van der Waals surface area contributed by atoms with Gasteiger partial charge in [0.1, 0.15) is 0 Å². The zero-order valence-corrected chi connectivity index (χ0v) is 7.84. The van der Waals surface area contributed by atoms with Crippen LogP contribution in [-0.4, -0.2) is 28.9 Å². The lowest BCUT2D eigenvalue weighted by atomic mass is 10.1. The molecule has 1 aliphatic heterocycles. The fourth-order valence-corrected chi connectivity index (χ4v) is 1.59. The zero-order chi connectivity index (χ0) is 9.26. The van der Waals surface area contributed by atoms with E-state index in [1.807, 2.05) is 17.2 Å². The summed E-state index contributed by atoms with van der Waals surface area (Å²) < 4.78 is 0. The van der Waals surface area contributed by atoms with Gasteiger partial charge in [0.15, 0.2) is 0 Å². The van der Waals surface area contributed by atoms with Crippen molar-refractivity contribution in [3.63, 3.8) is 0 Å². The van der Waals surface area contributed by atoms with Crippen LogP contribution in [0.1, 0.15) is 29.4 Å². The summed E-state index contributed by atoms with van der Waals surface area (Å²) in [5, 5.41) is 0. The fourth-order valence-electron chi connectivity index (χ4n) is 1.59. The summed E-state index contributed by atoms with van der Waals surface area (Å²) in [4.78, 5) is 16.8.